The number of rotatable bonds is 4. The molecule has 2 aromatic heterocycles. The zero-order valence-electron chi connectivity index (χ0n) is 15.0. The Morgan fingerprint density at radius 2 is 1.89 bits per heavy atom. The van der Waals surface area contributed by atoms with Gasteiger partial charge in [0.1, 0.15) is 5.82 Å². The summed E-state index contributed by atoms with van der Waals surface area (Å²) in [6.07, 6.45) is 9.17. The van der Waals surface area contributed by atoms with Crippen LogP contribution in [0.2, 0.25) is 0 Å². The number of benzene rings is 1. The molecule has 0 saturated carbocycles. The number of nitrogens with one attached hydrogen (secondary N) is 1. The van der Waals surface area contributed by atoms with Crippen LogP contribution in [0.15, 0.2) is 60.0 Å². The molecular weight excluding hydrogens is 338 g/mol. The van der Waals surface area contributed by atoms with Crippen LogP contribution in [0.25, 0.3) is 11.4 Å². The highest BCUT2D eigenvalue weighted by molar-refractivity contribution is 5.95. The molecule has 0 aliphatic carbocycles. The third kappa shape index (κ3) is 3.79. The van der Waals surface area contributed by atoms with E-state index in [-0.39, 0.29) is 5.91 Å². The molecule has 0 atom stereocenters. The lowest BCUT2D eigenvalue weighted by molar-refractivity contribution is 0.0949. The average molecular weight is 359 g/mol. The molecule has 0 saturated heterocycles. The standard InChI is InChI=1S/C21H21N5O/c27-21(25-23-15-16-10-12-22-13-11-16)19-18-9-5-2-6-14-26(18)20(24-19)17-7-3-1-4-8-17/h1,3-4,7-8,10-13,15H,2,5-6,9,14H2,(H,25,27)/b23-15-. The van der Waals surface area contributed by atoms with Crippen molar-refractivity contribution in [2.45, 2.75) is 32.2 Å². The van der Waals surface area contributed by atoms with Gasteiger partial charge in [0.15, 0.2) is 5.69 Å². The molecule has 6 nitrogen and oxygen atoms in total. The number of imidazole rings is 1. The Morgan fingerprint density at radius 3 is 2.70 bits per heavy atom. The highest BCUT2D eigenvalue weighted by Crippen LogP contribution is 2.27. The number of aromatic nitrogens is 3. The molecule has 27 heavy (non-hydrogen) atoms. The number of pyridine rings is 1. The molecule has 0 radical (unpaired) electrons. The number of fused-ring (bicyclic) bond motifs is 1. The lowest BCUT2D eigenvalue weighted by atomic mass is 10.1. The minimum Gasteiger partial charge on any atom is -0.327 e. The molecule has 0 fully saturated rings. The first-order valence-electron chi connectivity index (χ1n) is 9.21. The normalized spacial score (nSPS) is 13.9. The molecule has 1 aromatic carbocycles. The Morgan fingerprint density at radius 1 is 1.07 bits per heavy atom. The van der Waals surface area contributed by atoms with Crippen LogP contribution in [-0.4, -0.2) is 26.7 Å². The first-order chi connectivity index (χ1) is 13.3. The van der Waals surface area contributed by atoms with Gasteiger partial charge in [0.25, 0.3) is 5.91 Å². The number of nitrogens with zero attached hydrogens (tertiary/aromatic N) is 4. The number of hydrogen-bond acceptors (Lipinski definition) is 4. The van der Waals surface area contributed by atoms with Crippen LogP contribution in [-0.2, 0) is 13.0 Å². The van der Waals surface area contributed by atoms with E-state index in [1.54, 1.807) is 18.6 Å². The molecular formula is C21H21N5O. The number of hydrazone groups is 1. The fourth-order valence-corrected chi connectivity index (χ4v) is 3.38. The first kappa shape index (κ1) is 17.1. The van der Waals surface area contributed by atoms with Crippen molar-refractivity contribution in [2.24, 2.45) is 5.10 Å². The number of amides is 1. The molecule has 0 unspecified atom stereocenters. The molecule has 1 aliphatic rings. The molecule has 1 N–H and O–H groups in total. The smallest absolute Gasteiger partial charge is 0.291 e. The number of carbonyl (C=O) groups is 1. The van der Waals surface area contributed by atoms with Crippen molar-refractivity contribution >= 4 is 12.1 Å². The highest BCUT2D eigenvalue weighted by atomic mass is 16.2. The lowest BCUT2D eigenvalue weighted by Crippen LogP contribution is -2.20. The molecule has 3 aromatic rings. The van der Waals surface area contributed by atoms with Gasteiger partial charge in [-0.1, -0.05) is 36.8 Å². The van der Waals surface area contributed by atoms with Crippen LogP contribution in [0, 0.1) is 0 Å². The van der Waals surface area contributed by atoms with Crippen molar-refractivity contribution in [1.82, 2.24) is 20.0 Å². The van der Waals surface area contributed by atoms with Crippen LogP contribution in [0.5, 0.6) is 0 Å². The van der Waals surface area contributed by atoms with Gasteiger partial charge < -0.3 is 4.57 Å². The summed E-state index contributed by atoms with van der Waals surface area (Å²) in [5, 5.41) is 4.07. The van der Waals surface area contributed by atoms with Crippen molar-refractivity contribution < 1.29 is 4.79 Å². The SMILES string of the molecule is O=C(N/N=C\c1ccncc1)c1nc(-c2ccccc2)n2c1CCCCC2. The second-order valence-electron chi connectivity index (χ2n) is 6.54. The van der Waals surface area contributed by atoms with E-state index in [1.807, 2.05) is 42.5 Å². The Labute approximate surface area is 158 Å². The van der Waals surface area contributed by atoms with E-state index in [9.17, 15) is 4.79 Å². The largest absolute Gasteiger partial charge is 0.327 e. The summed E-state index contributed by atoms with van der Waals surface area (Å²) in [6.45, 7) is 0.889. The Balaban J connectivity index is 1.63. The van der Waals surface area contributed by atoms with Gasteiger partial charge >= 0.3 is 0 Å². The third-order valence-corrected chi connectivity index (χ3v) is 4.70. The molecule has 3 heterocycles. The first-order valence-corrected chi connectivity index (χ1v) is 9.21. The van der Waals surface area contributed by atoms with Crippen LogP contribution in [0.3, 0.4) is 0 Å². The predicted molar refractivity (Wildman–Crippen MR) is 105 cm³/mol. The van der Waals surface area contributed by atoms with Gasteiger partial charge in [-0.05, 0) is 37.0 Å². The molecule has 1 aliphatic heterocycles. The summed E-state index contributed by atoms with van der Waals surface area (Å²) in [5.41, 5.74) is 6.00. The van der Waals surface area contributed by atoms with Crippen molar-refractivity contribution in [3.63, 3.8) is 0 Å². The second kappa shape index (κ2) is 7.95. The van der Waals surface area contributed by atoms with E-state index < -0.39 is 0 Å². The molecule has 4 rings (SSSR count). The number of carbonyl (C=O) groups excluding carboxylic acids is 1. The topological polar surface area (TPSA) is 72.2 Å². The molecule has 136 valence electrons. The highest BCUT2D eigenvalue weighted by Gasteiger charge is 2.24. The van der Waals surface area contributed by atoms with Crippen LogP contribution >= 0.6 is 0 Å². The lowest BCUT2D eigenvalue weighted by Gasteiger charge is -2.08. The summed E-state index contributed by atoms with van der Waals surface area (Å²) in [7, 11) is 0. The van der Waals surface area contributed by atoms with Gasteiger partial charge in [-0.3, -0.25) is 9.78 Å². The second-order valence-corrected chi connectivity index (χ2v) is 6.54. The Bertz CT molecular complexity index is 947. The van der Waals surface area contributed by atoms with Gasteiger partial charge in [-0.2, -0.15) is 5.10 Å². The summed E-state index contributed by atoms with van der Waals surface area (Å²) < 4.78 is 2.20. The summed E-state index contributed by atoms with van der Waals surface area (Å²) in [4.78, 5) is 21.4. The van der Waals surface area contributed by atoms with Gasteiger partial charge in [0.05, 0.1) is 11.9 Å². The van der Waals surface area contributed by atoms with Crippen molar-refractivity contribution in [3.05, 3.63) is 71.8 Å². The maximum Gasteiger partial charge on any atom is 0.291 e. The fraction of sp³-hybridized carbons (Fsp3) is 0.238. The minimum atomic E-state index is -0.270. The Kier molecular flexibility index (Phi) is 5.05. The monoisotopic (exact) mass is 359 g/mol. The van der Waals surface area contributed by atoms with E-state index in [1.165, 1.54) is 0 Å². The summed E-state index contributed by atoms with van der Waals surface area (Å²) in [6, 6.07) is 13.7. The van der Waals surface area contributed by atoms with E-state index in [4.69, 9.17) is 4.98 Å². The quantitative estimate of drug-likeness (QED) is 0.573. The number of hydrogen-bond donors (Lipinski definition) is 1. The molecule has 0 bridgehead atoms. The van der Waals surface area contributed by atoms with E-state index in [2.05, 4.69) is 20.1 Å². The van der Waals surface area contributed by atoms with E-state index >= 15 is 0 Å². The third-order valence-electron chi connectivity index (χ3n) is 4.70. The fourth-order valence-electron chi connectivity index (χ4n) is 3.38. The van der Waals surface area contributed by atoms with E-state index in [0.717, 1.165) is 54.9 Å². The zero-order chi connectivity index (χ0) is 18.5. The van der Waals surface area contributed by atoms with Gasteiger partial charge in [-0.15, -0.1) is 0 Å². The molecule has 1 amide bonds. The maximum atomic E-state index is 12.8. The van der Waals surface area contributed by atoms with Crippen molar-refractivity contribution in [3.8, 4) is 11.4 Å². The minimum absolute atomic E-state index is 0.270. The molecule has 6 heteroatoms. The van der Waals surface area contributed by atoms with Crippen molar-refractivity contribution in [1.29, 1.82) is 0 Å². The van der Waals surface area contributed by atoms with Crippen molar-refractivity contribution in [2.75, 3.05) is 0 Å². The maximum absolute atomic E-state index is 12.8. The summed E-state index contributed by atoms with van der Waals surface area (Å²) in [5.74, 6) is 0.587. The zero-order valence-corrected chi connectivity index (χ0v) is 15.0. The average Bonchev–Trinajstić information content (AvgIpc) is 2.90. The van der Waals surface area contributed by atoms with E-state index in [0.29, 0.717) is 5.69 Å². The predicted octanol–water partition coefficient (Wildman–Crippen LogP) is 3.44. The molecule has 0 spiro atoms. The van der Waals surface area contributed by atoms with Crippen LogP contribution in [0.4, 0.5) is 0 Å². The summed E-state index contributed by atoms with van der Waals surface area (Å²) >= 11 is 0. The van der Waals surface area contributed by atoms with Crippen LogP contribution < -0.4 is 5.43 Å². The Hall–Kier alpha value is -3.28. The van der Waals surface area contributed by atoms with Gasteiger partial charge in [0.2, 0.25) is 0 Å². The van der Waals surface area contributed by atoms with Gasteiger partial charge in [-0.25, -0.2) is 10.4 Å². The van der Waals surface area contributed by atoms with Crippen LogP contribution in [0.1, 0.15) is 41.0 Å². The van der Waals surface area contributed by atoms with Gasteiger partial charge in [0, 0.05) is 24.5 Å².